The van der Waals surface area contributed by atoms with Crippen molar-refractivity contribution in [3.05, 3.63) is 11.6 Å². The number of carbonyl (C=O) groups is 2. The number of aliphatic hydroxyl groups is 3. The first-order chi connectivity index (χ1) is 13.7. The Hall–Kier alpha value is -1.13. The van der Waals surface area contributed by atoms with Gasteiger partial charge in [0.1, 0.15) is 18.3 Å². The molecule has 0 aromatic rings. The molecule has 2 amide bonds. The molecule has 2 rings (SSSR count). The number of hydrogen-bond donors (Lipinski definition) is 5. The molecular weight excluding hydrogens is 417 g/mol. The molecule has 0 spiro atoms. The standard InChI is InChI=1S/C19H32NO9P/c1-6-18(4,29-30(26,27)19(5,25)7-2)9-12-13(21)14(22)15(28-12)11-8-10(3)16(23)20-17(11)24/h8,11-15,21-22,25H,6-7,9H2,1-5H3,(H,26,27)(H,20,23,24)/t11?,12-,13-,14-,15+,18?,19-/m1/s1. The van der Waals surface area contributed by atoms with E-state index in [1.165, 1.54) is 19.9 Å². The van der Waals surface area contributed by atoms with Crippen molar-refractivity contribution in [2.45, 2.75) is 89.2 Å². The molecule has 0 radical (unpaired) electrons. The summed E-state index contributed by atoms with van der Waals surface area (Å²) in [5.74, 6) is -2.15. The fraction of sp³-hybridized carbons (Fsp3) is 0.789. The summed E-state index contributed by atoms with van der Waals surface area (Å²) < 4.78 is 23.9. The minimum atomic E-state index is -4.45. The Kier molecular flexibility index (Phi) is 7.36. The van der Waals surface area contributed by atoms with Gasteiger partial charge in [0.2, 0.25) is 5.91 Å². The number of carbonyl (C=O) groups excluding carboxylic acids is 2. The summed E-state index contributed by atoms with van der Waals surface area (Å²) in [7, 11) is -4.45. The molecule has 8 atom stereocenters. The number of ether oxygens (including phenoxy) is 1. The summed E-state index contributed by atoms with van der Waals surface area (Å²) >= 11 is 0. The highest BCUT2D eigenvalue weighted by atomic mass is 31.2. The van der Waals surface area contributed by atoms with E-state index >= 15 is 0 Å². The summed E-state index contributed by atoms with van der Waals surface area (Å²) in [6, 6.07) is 0. The Morgan fingerprint density at radius 2 is 1.80 bits per heavy atom. The van der Waals surface area contributed by atoms with Crippen LogP contribution in [0.15, 0.2) is 11.6 Å². The van der Waals surface area contributed by atoms with Crippen LogP contribution in [0.5, 0.6) is 0 Å². The zero-order valence-corrected chi connectivity index (χ0v) is 18.8. The first-order valence-electron chi connectivity index (χ1n) is 9.99. The van der Waals surface area contributed by atoms with Gasteiger partial charge in [0.05, 0.1) is 17.6 Å². The van der Waals surface area contributed by atoms with Crippen LogP contribution < -0.4 is 5.32 Å². The van der Waals surface area contributed by atoms with E-state index in [0.717, 1.165) is 0 Å². The molecule has 0 aliphatic carbocycles. The third kappa shape index (κ3) is 4.85. The van der Waals surface area contributed by atoms with Crippen molar-refractivity contribution >= 4 is 19.4 Å². The van der Waals surface area contributed by atoms with Crippen molar-refractivity contribution in [1.29, 1.82) is 0 Å². The molecule has 2 heterocycles. The molecule has 0 aromatic heterocycles. The topological polar surface area (TPSA) is 163 Å². The fourth-order valence-corrected chi connectivity index (χ4v) is 4.87. The molecule has 11 heteroatoms. The number of hydrogen-bond acceptors (Lipinski definition) is 8. The van der Waals surface area contributed by atoms with Crippen LogP contribution in [0.4, 0.5) is 0 Å². The van der Waals surface area contributed by atoms with Crippen LogP contribution >= 0.6 is 7.60 Å². The van der Waals surface area contributed by atoms with Gasteiger partial charge in [-0.3, -0.25) is 19.5 Å². The summed E-state index contributed by atoms with van der Waals surface area (Å²) in [5.41, 5.74) is -0.974. The third-order valence-electron chi connectivity index (χ3n) is 6.08. The Labute approximate surface area is 175 Å². The lowest BCUT2D eigenvalue weighted by atomic mass is 9.89. The summed E-state index contributed by atoms with van der Waals surface area (Å²) in [6.07, 6.45) is -3.34. The molecule has 30 heavy (non-hydrogen) atoms. The maximum absolute atomic E-state index is 12.6. The van der Waals surface area contributed by atoms with Crippen molar-refractivity contribution in [2.24, 2.45) is 5.92 Å². The molecule has 1 fully saturated rings. The van der Waals surface area contributed by atoms with Crippen LogP contribution in [0.2, 0.25) is 0 Å². The first kappa shape index (κ1) is 25.1. The molecule has 0 aromatic carbocycles. The van der Waals surface area contributed by atoms with Gasteiger partial charge in [0.15, 0.2) is 5.34 Å². The van der Waals surface area contributed by atoms with Crippen molar-refractivity contribution in [3.63, 3.8) is 0 Å². The smallest absolute Gasteiger partial charge is 0.359 e. The van der Waals surface area contributed by atoms with E-state index in [1.54, 1.807) is 20.8 Å². The maximum Gasteiger partial charge on any atom is 0.359 e. The quantitative estimate of drug-likeness (QED) is 0.263. The molecular formula is C19H32NO9P. The largest absolute Gasteiger partial charge is 0.388 e. The Morgan fingerprint density at radius 3 is 2.33 bits per heavy atom. The van der Waals surface area contributed by atoms with Gasteiger partial charge in [0, 0.05) is 12.0 Å². The molecule has 0 saturated carbocycles. The molecule has 5 N–H and O–H groups in total. The number of imide groups is 1. The summed E-state index contributed by atoms with van der Waals surface area (Å²) in [5, 5.41) is 31.4. The number of aliphatic hydroxyl groups excluding tert-OH is 2. The van der Waals surface area contributed by atoms with E-state index < -0.39 is 60.7 Å². The van der Waals surface area contributed by atoms with Gasteiger partial charge >= 0.3 is 7.60 Å². The average Bonchev–Trinajstić information content (AvgIpc) is 2.92. The fourth-order valence-electron chi connectivity index (χ4n) is 3.47. The van der Waals surface area contributed by atoms with Gasteiger partial charge in [-0.05, 0) is 33.6 Å². The van der Waals surface area contributed by atoms with E-state index in [0.29, 0.717) is 0 Å². The molecule has 2 aliphatic rings. The second-order valence-electron chi connectivity index (χ2n) is 8.50. The molecule has 3 unspecified atom stereocenters. The highest BCUT2D eigenvalue weighted by molar-refractivity contribution is 7.54. The zero-order chi connectivity index (χ0) is 23.1. The number of amides is 2. The van der Waals surface area contributed by atoms with Crippen LogP contribution in [0.1, 0.15) is 53.9 Å². The third-order valence-corrected chi connectivity index (χ3v) is 8.31. The lowest BCUT2D eigenvalue weighted by Gasteiger charge is -2.37. The van der Waals surface area contributed by atoms with Gasteiger partial charge in [-0.25, -0.2) is 0 Å². The molecule has 10 nitrogen and oxygen atoms in total. The first-order valence-corrected chi connectivity index (χ1v) is 11.6. The molecule has 2 aliphatic heterocycles. The monoisotopic (exact) mass is 449 g/mol. The lowest BCUT2D eigenvalue weighted by Crippen LogP contribution is -2.47. The Balaban J connectivity index is 2.20. The van der Waals surface area contributed by atoms with E-state index in [9.17, 15) is 34.4 Å². The van der Waals surface area contributed by atoms with Crippen LogP contribution in [-0.2, 0) is 23.4 Å². The second-order valence-corrected chi connectivity index (χ2v) is 10.7. The summed E-state index contributed by atoms with van der Waals surface area (Å²) in [4.78, 5) is 34.1. The minimum absolute atomic E-state index is 0.00882. The van der Waals surface area contributed by atoms with Crippen LogP contribution in [0.25, 0.3) is 0 Å². The van der Waals surface area contributed by atoms with E-state index in [2.05, 4.69) is 5.32 Å². The molecule has 172 valence electrons. The lowest BCUT2D eigenvalue weighted by molar-refractivity contribution is -0.136. The highest BCUT2D eigenvalue weighted by Crippen LogP contribution is 2.59. The van der Waals surface area contributed by atoms with Crippen LogP contribution in [0.3, 0.4) is 0 Å². The van der Waals surface area contributed by atoms with E-state index in [4.69, 9.17) is 9.26 Å². The van der Waals surface area contributed by atoms with E-state index in [-0.39, 0.29) is 24.8 Å². The van der Waals surface area contributed by atoms with Crippen molar-refractivity contribution < 1.29 is 43.6 Å². The Bertz CT molecular complexity index is 767. The average molecular weight is 449 g/mol. The summed E-state index contributed by atoms with van der Waals surface area (Å²) in [6.45, 7) is 7.54. The van der Waals surface area contributed by atoms with Gasteiger partial charge in [-0.1, -0.05) is 19.9 Å². The number of rotatable bonds is 8. The molecule has 1 saturated heterocycles. The minimum Gasteiger partial charge on any atom is -0.388 e. The van der Waals surface area contributed by atoms with Gasteiger partial charge in [-0.15, -0.1) is 0 Å². The van der Waals surface area contributed by atoms with Crippen molar-refractivity contribution in [3.8, 4) is 0 Å². The van der Waals surface area contributed by atoms with Crippen molar-refractivity contribution in [2.75, 3.05) is 0 Å². The van der Waals surface area contributed by atoms with Crippen LogP contribution in [-0.4, -0.2) is 67.4 Å². The van der Waals surface area contributed by atoms with Gasteiger partial charge < -0.3 is 29.5 Å². The van der Waals surface area contributed by atoms with Crippen LogP contribution in [0, 0.1) is 5.92 Å². The normalized spacial score (nSPS) is 35.8. The van der Waals surface area contributed by atoms with Gasteiger partial charge in [-0.2, -0.15) is 0 Å². The molecule has 0 bridgehead atoms. The number of nitrogens with one attached hydrogen (secondary N) is 1. The SMILES string of the molecule is CCC(C)(C[C@H]1O[C@@H](C2C=C(C)C(=O)NC2=O)[C@H](O)[C@@H]1O)OP(=O)(O)[C@@](C)(O)CC. The predicted octanol–water partition coefficient (Wildman–Crippen LogP) is 0.574. The predicted molar refractivity (Wildman–Crippen MR) is 106 cm³/mol. The van der Waals surface area contributed by atoms with Gasteiger partial charge in [0.25, 0.3) is 5.91 Å². The highest BCUT2D eigenvalue weighted by Gasteiger charge is 2.52. The zero-order valence-electron chi connectivity index (χ0n) is 17.9. The second kappa shape index (κ2) is 8.78. The maximum atomic E-state index is 12.6. The van der Waals surface area contributed by atoms with E-state index in [1.807, 2.05) is 0 Å². The van der Waals surface area contributed by atoms with Crippen molar-refractivity contribution in [1.82, 2.24) is 5.32 Å². The Morgan fingerprint density at radius 1 is 1.20 bits per heavy atom.